The van der Waals surface area contributed by atoms with Gasteiger partial charge in [-0.05, 0) is 123 Å². The highest BCUT2D eigenvalue weighted by Gasteiger charge is 2.49. The number of piperazine rings is 2. The number of nitrogens with one attached hydrogen (secondary N) is 4. The van der Waals surface area contributed by atoms with Crippen molar-refractivity contribution in [1.29, 1.82) is 0 Å². The zero-order valence-corrected chi connectivity index (χ0v) is 52.2. The molecule has 0 radical (unpaired) electrons. The molecule has 1 aliphatic carbocycles. The highest BCUT2D eigenvalue weighted by atomic mass is 32.2. The lowest BCUT2D eigenvalue weighted by atomic mass is 9.72. The molecule has 4 aromatic rings. The van der Waals surface area contributed by atoms with E-state index in [0.717, 1.165) is 92.4 Å². The Balaban J connectivity index is 0.792. The number of hydrogen-bond acceptors (Lipinski definition) is 16. The summed E-state index contributed by atoms with van der Waals surface area (Å²) in [7, 11) is -11.1. The van der Waals surface area contributed by atoms with Crippen molar-refractivity contribution in [3.05, 3.63) is 131 Å². The molecule has 4 aromatic carbocycles. The predicted molar refractivity (Wildman–Crippen MR) is 331 cm³/mol. The Hall–Kier alpha value is -7.06. The fourth-order valence-electron chi connectivity index (χ4n) is 11.9. The standard InChI is InChI=1S/C63H76F3N9O10S3/c1-5-11-42(2)50-39-62(3,4)27-25-44(50)40-72-32-34-73(35-33-72)46-19-17-43(18-20-46)58(78)70-88(84,85)48-21-22-51(54(38-48)87(82,83)63(64,65)66)68-45(41-86-47-12-7-6-8-13-47)26-29-71-30-36-74(37-31-71)56(77)16-10-28-67-52-15-9-14-49-57(52)61(81)75(60(49)80)53-23-24-55(76)69-59(53)79/h6-9,12-15,17-22,38,45,53,67-68H,2,5,10-11,16,23-37,39-41H2,1,3-4H3,(H,70,78)(H,69,76,79)/t45-,53?/m1/s1. The number of piperidine rings is 1. The number of rotatable bonds is 24. The first-order valence-electron chi connectivity index (χ1n) is 29.8. The summed E-state index contributed by atoms with van der Waals surface area (Å²) in [5.74, 6) is -3.38. The average Bonchev–Trinajstić information content (AvgIpc) is 1.76. The largest absolute Gasteiger partial charge is 0.501 e. The number of carbonyl (C=O) groups is 6. The molecule has 6 amide bonds. The molecule has 4 N–H and O–H groups in total. The third-order valence-electron chi connectivity index (χ3n) is 17.0. The Morgan fingerprint density at radius 2 is 1.52 bits per heavy atom. The summed E-state index contributed by atoms with van der Waals surface area (Å²) < 4.78 is 99.7. The van der Waals surface area contributed by atoms with E-state index in [1.807, 2.05) is 35.1 Å². The number of alkyl halides is 3. The molecular weight excluding hydrogens is 1200 g/mol. The molecule has 19 nitrogen and oxygen atoms in total. The van der Waals surface area contributed by atoms with Gasteiger partial charge in [0, 0.05) is 118 Å². The zero-order valence-electron chi connectivity index (χ0n) is 49.8. The van der Waals surface area contributed by atoms with Gasteiger partial charge in [-0.2, -0.15) is 13.2 Å². The summed E-state index contributed by atoms with van der Waals surface area (Å²) in [4.78, 5) is 85.9. The summed E-state index contributed by atoms with van der Waals surface area (Å²) in [6.45, 7) is 17.6. The molecule has 0 spiro atoms. The van der Waals surface area contributed by atoms with E-state index in [1.165, 1.54) is 46.7 Å². The summed E-state index contributed by atoms with van der Waals surface area (Å²) in [5.41, 5.74) is -0.520. The lowest BCUT2D eigenvalue weighted by molar-refractivity contribution is -0.136. The van der Waals surface area contributed by atoms with Gasteiger partial charge in [0.05, 0.1) is 21.7 Å². The van der Waals surface area contributed by atoms with Crippen LogP contribution in [0.15, 0.2) is 129 Å². The first-order valence-corrected chi connectivity index (χ1v) is 33.8. The number of nitrogens with zero attached hydrogens (tertiary/aromatic N) is 5. The topological polar surface area (TPSA) is 235 Å². The lowest BCUT2D eigenvalue weighted by Gasteiger charge is -2.39. The zero-order chi connectivity index (χ0) is 63.1. The highest BCUT2D eigenvalue weighted by molar-refractivity contribution is 7.99. The van der Waals surface area contributed by atoms with Gasteiger partial charge in [-0.1, -0.05) is 69.2 Å². The quantitative estimate of drug-likeness (QED) is 0.0292. The van der Waals surface area contributed by atoms with Gasteiger partial charge in [0.15, 0.2) is 0 Å². The van der Waals surface area contributed by atoms with Crippen LogP contribution >= 0.6 is 11.8 Å². The Bertz CT molecular complexity index is 3570. The maximum absolute atomic E-state index is 14.5. The Kier molecular flexibility index (Phi) is 20.6. The van der Waals surface area contributed by atoms with Crippen LogP contribution in [-0.4, -0.2) is 167 Å². The second-order valence-corrected chi connectivity index (χ2v) is 28.5. The number of carbonyl (C=O) groups excluding carboxylic acids is 6. The number of imide groups is 2. The molecule has 25 heteroatoms. The van der Waals surface area contributed by atoms with Crippen molar-refractivity contribution in [3.63, 3.8) is 0 Å². The third-order valence-corrected chi connectivity index (χ3v) is 21.0. The van der Waals surface area contributed by atoms with Gasteiger partial charge in [0.1, 0.15) is 10.9 Å². The Labute approximate surface area is 516 Å². The molecule has 88 heavy (non-hydrogen) atoms. The number of sulfone groups is 1. The van der Waals surface area contributed by atoms with E-state index in [2.05, 4.69) is 58.0 Å². The minimum Gasteiger partial charge on any atom is -0.384 e. The summed E-state index contributed by atoms with van der Waals surface area (Å²) in [6.07, 6.45) is 6.11. The van der Waals surface area contributed by atoms with Crippen LogP contribution in [0, 0.1) is 5.41 Å². The van der Waals surface area contributed by atoms with Gasteiger partial charge in [-0.15, -0.1) is 11.8 Å². The minimum absolute atomic E-state index is 0.00857. The van der Waals surface area contributed by atoms with Crippen molar-refractivity contribution < 1.29 is 58.8 Å². The van der Waals surface area contributed by atoms with E-state index in [4.69, 9.17) is 0 Å². The molecule has 4 aliphatic heterocycles. The summed E-state index contributed by atoms with van der Waals surface area (Å²) >= 11 is 1.38. The molecule has 3 fully saturated rings. The first-order chi connectivity index (χ1) is 41.8. The molecule has 472 valence electrons. The molecule has 1 unspecified atom stereocenters. The Morgan fingerprint density at radius 3 is 2.20 bits per heavy atom. The summed E-state index contributed by atoms with van der Waals surface area (Å²) in [6, 6.07) is 20.8. The second kappa shape index (κ2) is 27.8. The number of sulfonamides is 1. The normalized spacial score (nSPS) is 19.1. The molecule has 0 bridgehead atoms. The highest BCUT2D eigenvalue weighted by Crippen LogP contribution is 2.43. The maximum atomic E-state index is 14.5. The van der Waals surface area contributed by atoms with Crippen molar-refractivity contribution in [2.45, 2.75) is 117 Å². The van der Waals surface area contributed by atoms with Crippen molar-refractivity contribution >= 4 is 84.1 Å². The van der Waals surface area contributed by atoms with Gasteiger partial charge in [-0.3, -0.25) is 48.8 Å². The number of fused-ring (bicyclic) bond motifs is 1. The summed E-state index contributed by atoms with van der Waals surface area (Å²) in [5, 5.41) is 8.33. The smallest absolute Gasteiger partial charge is 0.384 e. The Morgan fingerprint density at radius 1 is 0.818 bits per heavy atom. The van der Waals surface area contributed by atoms with Crippen LogP contribution in [0.5, 0.6) is 0 Å². The van der Waals surface area contributed by atoms with Gasteiger partial charge >= 0.3 is 5.51 Å². The van der Waals surface area contributed by atoms with E-state index in [9.17, 15) is 58.8 Å². The molecule has 2 atom stereocenters. The molecule has 0 saturated carbocycles. The fraction of sp³-hybridized carbons (Fsp3) is 0.460. The number of halogens is 3. The van der Waals surface area contributed by atoms with Gasteiger partial charge < -0.3 is 20.4 Å². The monoisotopic (exact) mass is 1270 g/mol. The van der Waals surface area contributed by atoms with Gasteiger partial charge in [0.25, 0.3) is 37.6 Å². The number of benzene rings is 4. The van der Waals surface area contributed by atoms with E-state index >= 15 is 0 Å². The minimum atomic E-state index is -6.17. The van der Waals surface area contributed by atoms with Crippen LogP contribution in [-0.2, 0) is 34.2 Å². The molecule has 9 rings (SSSR count). The van der Waals surface area contributed by atoms with Gasteiger partial charge in [-0.25, -0.2) is 21.6 Å². The first kappa shape index (κ1) is 65.4. The van der Waals surface area contributed by atoms with Crippen LogP contribution in [0.3, 0.4) is 0 Å². The second-order valence-electron chi connectivity index (χ2n) is 23.8. The molecule has 3 saturated heterocycles. The van der Waals surface area contributed by atoms with Crippen molar-refractivity contribution in [2.75, 3.05) is 93.3 Å². The average molecular weight is 1270 g/mol. The van der Waals surface area contributed by atoms with Crippen LogP contribution in [0.2, 0.25) is 0 Å². The van der Waals surface area contributed by atoms with E-state index in [0.29, 0.717) is 57.3 Å². The number of allylic oxidation sites excluding steroid dienone is 2. The fourth-order valence-corrected chi connectivity index (χ4v) is 15.0. The third kappa shape index (κ3) is 15.5. The van der Waals surface area contributed by atoms with Crippen molar-refractivity contribution in [3.8, 4) is 0 Å². The maximum Gasteiger partial charge on any atom is 0.501 e. The number of hydrogen-bond donors (Lipinski definition) is 4. The van der Waals surface area contributed by atoms with Crippen molar-refractivity contribution in [1.82, 2.24) is 29.6 Å². The number of amides is 6. The van der Waals surface area contributed by atoms with Crippen LogP contribution < -0.4 is 25.6 Å². The number of thioether (sulfide) groups is 1. The SMILES string of the molecule is C=C(CCC)C1=C(CN2CCN(c3ccc(C(=O)NS(=O)(=O)c4ccc(N[C@H](CCN5CCN(C(=O)CCCNc6cccc7c6C(=O)N(C6CCC(=O)NC6=O)C7=O)CC5)CSc5ccccc5)c(S(=O)(=O)C(F)(F)F)c4)cc3)CC2)CCC(C)(C)C1. The molecular formula is C63H76F3N9O10S3. The predicted octanol–water partition coefficient (Wildman–Crippen LogP) is 8.48. The van der Waals surface area contributed by atoms with Gasteiger partial charge in [0.2, 0.25) is 17.7 Å². The van der Waals surface area contributed by atoms with Crippen LogP contribution in [0.25, 0.3) is 0 Å². The lowest BCUT2D eigenvalue weighted by Crippen LogP contribution is -2.54. The van der Waals surface area contributed by atoms with E-state index in [1.54, 1.807) is 29.2 Å². The van der Waals surface area contributed by atoms with E-state index in [-0.39, 0.29) is 59.6 Å². The molecule has 4 heterocycles. The molecule has 0 aromatic heterocycles. The molecule has 5 aliphatic rings. The van der Waals surface area contributed by atoms with Crippen LogP contribution in [0.1, 0.15) is 116 Å². The van der Waals surface area contributed by atoms with E-state index < -0.39 is 82.5 Å². The van der Waals surface area contributed by atoms with Crippen molar-refractivity contribution in [2.24, 2.45) is 5.41 Å². The van der Waals surface area contributed by atoms with Crippen LogP contribution in [0.4, 0.5) is 30.2 Å². The number of anilines is 3.